The molecule has 1 aromatic rings. The SMILES string of the molecule is C#CCOC(=O)CNc1ccc(C(=O)OCC)cc1. The first-order valence-electron chi connectivity index (χ1n) is 5.77. The molecule has 0 saturated carbocycles. The van der Waals surface area contributed by atoms with Crippen LogP contribution in [0, 0.1) is 12.3 Å². The van der Waals surface area contributed by atoms with E-state index in [-0.39, 0.29) is 19.1 Å². The maximum Gasteiger partial charge on any atom is 0.338 e. The second kappa shape index (κ2) is 7.77. The molecule has 100 valence electrons. The molecule has 0 amide bonds. The molecule has 1 aromatic carbocycles. The lowest BCUT2D eigenvalue weighted by molar-refractivity contribution is -0.140. The number of ether oxygens (including phenoxy) is 2. The Morgan fingerprint density at radius 1 is 1.26 bits per heavy atom. The first-order chi connectivity index (χ1) is 9.17. The number of hydrogen-bond donors (Lipinski definition) is 1. The molecule has 0 saturated heterocycles. The van der Waals surface area contributed by atoms with Crippen molar-refractivity contribution in [2.24, 2.45) is 0 Å². The monoisotopic (exact) mass is 261 g/mol. The molecule has 1 rings (SSSR count). The first kappa shape index (κ1) is 14.6. The predicted molar refractivity (Wildman–Crippen MR) is 70.7 cm³/mol. The second-order valence-electron chi connectivity index (χ2n) is 3.52. The zero-order valence-corrected chi connectivity index (χ0v) is 10.6. The minimum atomic E-state index is -0.438. The molecule has 0 fully saturated rings. The van der Waals surface area contributed by atoms with E-state index < -0.39 is 5.97 Å². The fourth-order valence-corrected chi connectivity index (χ4v) is 1.29. The molecule has 0 unspecified atom stereocenters. The molecule has 0 atom stereocenters. The van der Waals surface area contributed by atoms with Crippen molar-refractivity contribution in [2.45, 2.75) is 6.92 Å². The van der Waals surface area contributed by atoms with E-state index in [9.17, 15) is 9.59 Å². The Morgan fingerprint density at radius 2 is 1.95 bits per heavy atom. The number of carbonyl (C=O) groups is 2. The Morgan fingerprint density at radius 3 is 2.53 bits per heavy atom. The highest BCUT2D eigenvalue weighted by molar-refractivity contribution is 5.89. The van der Waals surface area contributed by atoms with Crippen molar-refractivity contribution in [2.75, 3.05) is 25.1 Å². The number of esters is 2. The number of rotatable bonds is 6. The van der Waals surface area contributed by atoms with E-state index in [0.29, 0.717) is 17.9 Å². The third kappa shape index (κ3) is 5.13. The number of terminal acetylenes is 1. The average molecular weight is 261 g/mol. The van der Waals surface area contributed by atoms with E-state index in [0.717, 1.165) is 0 Å². The zero-order chi connectivity index (χ0) is 14.1. The summed E-state index contributed by atoms with van der Waals surface area (Å²) < 4.78 is 9.55. The summed E-state index contributed by atoms with van der Waals surface area (Å²) in [6.07, 6.45) is 4.96. The molecule has 19 heavy (non-hydrogen) atoms. The van der Waals surface area contributed by atoms with E-state index in [1.165, 1.54) is 0 Å². The van der Waals surface area contributed by atoms with Crippen molar-refractivity contribution in [3.63, 3.8) is 0 Å². The van der Waals surface area contributed by atoms with Gasteiger partial charge in [-0.15, -0.1) is 6.42 Å². The highest BCUT2D eigenvalue weighted by Gasteiger charge is 2.06. The van der Waals surface area contributed by atoms with Gasteiger partial charge < -0.3 is 14.8 Å². The minimum Gasteiger partial charge on any atom is -0.462 e. The average Bonchev–Trinajstić information content (AvgIpc) is 2.43. The molecule has 0 bridgehead atoms. The van der Waals surface area contributed by atoms with Crippen molar-refractivity contribution in [3.05, 3.63) is 29.8 Å². The maximum absolute atomic E-state index is 11.4. The first-order valence-corrected chi connectivity index (χ1v) is 5.77. The van der Waals surface area contributed by atoms with Crippen molar-refractivity contribution in [3.8, 4) is 12.3 Å². The van der Waals surface area contributed by atoms with Crippen LogP contribution in [0.25, 0.3) is 0 Å². The van der Waals surface area contributed by atoms with Crippen molar-refractivity contribution in [1.29, 1.82) is 0 Å². The van der Waals surface area contributed by atoms with Gasteiger partial charge in [-0.3, -0.25) is 4.79 Å². The Hall–Kier alpha value is -2.48. The minimum absolute atomic E-state index is 0.0143. The molecule has 0 heterocycles. The Bertz CT molecular complexity index is 473. The van der Waals surface area contributed by atoms with Gasteiger partial charge in [-0.2, -0.15) is 0 Å². The summed E-state index contributed by atoms with van der Waals surface area (Å²) in [6.45, 7) is 2.05. The van der Waals surface area contributed by atoms with Crippen LogP contribution in [0.4, 0.5) is 5.69 Å². The zero-order valence-electron chi connectivity index (χ0n) is 10.6. The molecular weight excluding hydrogens is 246 g/mol. The van der Waals surface area contributed by atoms with Crippen LogP contribution >= 0.6 is 0 Å². The van der Waals surface area contributed by atoms with Gasteiger partial charge in [0.1, 0.15) is 6.54 Å². The fraction of sp³-hybridized carbons (Fsp3) is 0.286. The lowest BCUT2D eigenvalue weighted by Crippen LogP contribution is -2.17. The summed E-state index contributed by atoms with van der Waals surface area (Å²) in [5.41, 5.74) is 1.16. The van der Waals surface area contributed by atoms with Gasteiger partial charge in [0.05, 0.1) is 12.2 Å². The summed E-state index contributed by atoms with van der Waals surface area (Å²) >= 11 is 0. The van der Waals surface area contributed by atoms with Crippen molar-refractivity contribution < 1.29 is 19.1 Å². The van der Waals surface area contributed by atoms with Gasteiger partial charge in [-0.1, -0.05) is 5.92 Å². The summed E-state index contributed by atoms with van der Waals surface area (Å²) in [5.74, 6) is 1.40. The molecule has 0 aliphatic rings. The van der Waals surface area contributed by atoms with Crippen LogP contribution in [-0.2, 0) is 14.3 Å². The van der Waals surface area contributed by atoms with E-state index in [1.54, 1.807) is 31.2 Å². The molecule has 0 radical (unpaired) electrons. The van der Waals surface area contributed by atoms with Crippen LogP contribution < -0.4 is 5.32 Å². The fourth-order valence-electron chi connectivity index (χ4n) is 1.29. The largest absolute Gasteiger partial charge is 0.462 e. The highest BCUT2D eigenvalue weighted by atomic mass is 16.5. The third-order valence-corrected chi connectivity index (χ3v) is 2.15. The normalized spacial score (nSPS) is 9.26. The summed E-state index contributed by atoms with van der Waals surface area (Å²) in [6, 6.07) is 6.60. The third-order valence-electron chi connectivity index (χ3n) is 2.15. The highest BCUT2D eigenvalue weighted by Crippen LogP contribution is 2.10. The van der Waals surface area contributed by atoms with Gasteiger partial charge in [-0.05, 0) is 31.2 Å². The van der Waals surface area contributed by atoms with Gasteiger partial charge in [0.2, 0.25) is 0 Å². The van der Waals surface area contributed by atoms with E-state index in [4.69, 9.17) is 15.9 Å². The Balaban J connectivity index is 2.46. The van der Waals surface area contributed by atoms with Crippen molar-refractivity contribution in [1.82, 2.24) is 0 Å². The quantitative estimate of drug-likeness (QED) is 0.620. The Kier molecular flexibility index (Phi) is 5.96. The molecule has 1 N–H and O–H groups in total. The van der Waals surface area contributed by atoms with Crippen LogP contribution in [0.1, 0.15) is 17.3 Å². The number of benzene rings is 1. The summed E-state index contributed by atoms with van der Waals surface area (Å²) in [4.78, 5) is 22.6. The van der Waals surface area contributed by atoms with Gasteiger partial charge in [0.25, 0.3) is 0 Å². The lowest BCUT2D eigenvalue weighted by Gasteiger charge is -2.06. The maximum atomic E-state index is 11.4. The summed E-state index contributed by atoms with van der Waals surface area (Å²) in [7, 11) is 0. The van der Waals surface area contributed by atoms with Crippen molar-refractivity contribution >= 4 is 17.6 Å². The molecule has 0 aromatic heterocycles. The number of carbonyl (C=O) groups excluding carboxylic acids is 2. The van der Waals surface area contributed by atoms with E-state index >= 15 is 0 Å². The molecule has 0 aliphatic heterocycles. The Labute approximate surface area is 111 Å². The second-order valence-corrected chi connectivity index (χ2v) is 3.52. The molecule has 5 heteroatoms. The molecular formula is C14H15NO4. The number of hydrogen-bond acceptors (Lipinski definition) is 5. The topological polar surface area (TPSA) is 64.6 Å². The van der Waals surface area contributed by atoms with Gasteiger partial charge in [0, 0.05) is 5.69 Å². The smallest absolute Gasteiger partial charge is 0.338 e. The van der Waals surface area contributed by atoms with E-state index in [2.05, 4.69) is 11.2 Å². The van der Waals surface area contributed by atoms with Crippen LogP contribution in [-0.4, -0.2) is 31.7 Å². The van der Waals surface area contributed by atoms with Crippen LogP contribution in [0.15, 0.2) is 24.3 Å². The predicted octanol–water partition coefficient (Wildman–Crippen LogP) is 1.45. The summed E-state index contributed by atoms with van der Waals surface area (Å²) in [5, 5.41) is 2.86. The van der Waals surface area contributed by atoms with Gasteiger partial charge in [0.15, 0.2) is 6.61 Å². The van der Waals surface area contributed by atoms with E-state index in [1.807, 2.05) is 0 Å². The van der Waals surface area contributed by atoms with Crippen LogP contribution in [0.3, 0.4) is 0 Å². The molecule has 0 spiro atoms. The molecule has 0 aliphatic carbocycles. The van der Waals surface area contributed by atoms with Crippen LogP contribution in [0.2, 0.25) is 0 Å². The number of anilines is 1. The number of nitrogens with one attached hydrogen (secondary N) is 1. The standard InChI is InChI=1S/C14H15NO4/c1-3-9-19-13(16)10-15-12-7-5-11(6-8-12)14(17)18-4-2/h1,5-8,15H,4,9-10H2,2H3. The molecule has 5 nitrogen and oxygen atoms in total. The lowest BCUT2D eigenvalue weighted by atomic mass is 10.2. The van der Waals surface area contributed by atoms with Crippen LogP contribution in [0.5, 0.6) is 0 Å². The van der Waals surface area contributed by atoms with Gasteiger partial charge in [-0.25, -0.2) is 4.79 Å². The van der Waals surface area contributed by atoms with Gasteiger partial charge >= 0.3 is 11.9 Å².